The SMILES string of the molecule is Nc1nc2c(ccn2[C@@H]2O[C@H](COP(=O)(O)OP(=O)(O)OP(O)(O)=P)[C@H](O)C2(F)CF)c(=O)[nH]1. The van der Waals surface area contributed by atoms with Gasteiger partial charge in [0.2, 0.25) is 11.6 Å². The van der Waals surface area contributed by atoms with Crippen molar-refractivity contribution in [3.05, 3.63) is 22.6 Å². The van der Waals surface area contributed by atoms with Gasteiger partial charge < -0.3 is 39.7 Å². The number of nitrogens with zero attached hydrogens (tertiary/aromatic N) is 2. The van der Waals surface area contributed by atoms with E-state index in [2.05, 4.69) is 31.6 Å². The van der Waals surface area contributed by atoms with Gasteiger partial charge in [0.25, 0.3) is 12.8 Å². The van der Waals surface area contributed by atoms with Crippen LogP contribution in [0.4, 0.5) is 14.7 Å². The van der Waals surface area contributed by atoms with Gasteiger partial charge in [-0.05, 0) is 14.6 Å². The first kappa shape index (κ1) is 27.5. The number of anilines is 1. The van der Waals surface area contributed by atoms with Crippen molar-refractivity contribution in [1.82, 2.24) is 14.5 Å². The first-order chi connectivity index (χ1) is 15.5. The van der Waals surface area contributed by atoms with Gasteiger partial charge in [0.1, 0.15) is 18.9 Å². The number of halogens is 2. The molecule has 3 heterocycles. The van der Waals surface area contributed by atoms with Crippen LogP contribution in [0.1, 0.15) is 6.23 Å². The van der Waals surface area contributed by atoms with Gasteiger partial charge in [-0.3, -0.25) is 14.3 Å². The van der Waals surface area contributed by atoms with Crippen LogP contribution in [-0.4, -0.2) is 70.4 Å². The molecule has 0 saturated carbocycles. The van der Waals surface area contributed by atoms with Crippen molar-refractivity contribution in [2.24, 2.45) is 0 Å². The van der Waals surface area contributed by atoms with Gasteiger partial charge in [-0.15, -0.1) is 0 Å². The van der Waals surface area contributed by atoms with Gasteiger partial charge in [0.15, 0.2) is 11.9 Å². The maximum Gasteiger partial charge on any atom is 0.488 e. The number of aliphatic hydroxyl groups excluding tert-OH is 1. The first-order valence-electron chi connectivity index (χ1n) is 8.75. The third-order valence-electron chi connectivity index (χ3n) is 4.44. The minimum atomic E-state index is -5.56. The molecule has 0 spiro atoms. The molecule has 0 radical (unpaired) electrons. The predicted molar refractivity (Wildman–Crippen MR) is 112 cm³/mol. The summed E-state index contributed by atoms with van der Waals surface area (Å²) in [6, 6.07) is 1.20. The number of fused-ring (bicyclic) bond motifs is 1. The van der Waals surface area contributed by atoms with Crippen molar-refractivity contribution in [3.8, 4) is 0 Å². The molecule has 192 valence electrons. The van der Waals surface area contributed by atoms with E-state index in [0.717, 1.165) is 10.8 Å². The largest absolute Gasteiger partial charge is 0.488 e. The van der Waals surface area contributed by atoms with E-state index in [1.165, 1.54) is 6.07 Å². The number of hydrogen-bond acceptors (Lipinski definition) is 10. The van der Waals surface area contributed by atoms with Gasteiger partial charge >= 0.3 is 15.6 Å². The molecule has 0 aliphatic carbocycles. The monoisotopic (exact) mass is 572 g/mol. The molecule has 34 heavy (non-hydrogen) atoms. The molecule has 2 aromatic rings. The number of aromatic nitrogens is 3. The zero-order valence-corrected chi connectivity index (χ0v) is 20.1. The van der Waals surface area contributed by atoms with Crippen LogP contribution in [0.15, 0.2) is 17.1 Å². The summed E-state index contributed by atoms with van der Waals surface area (Å²) in [7, 11) is -13.5. The van der Waals surface area contributed by atoms with E-state index in [1.807, 2.05) is 0 Å². The second kappa shape index (κ2) is 9.41. The van der Waals surface area contributed by atoms with Gasteiger partial charge in [-0.1, -0.05) is 0 Å². The second-order valence-electron chi connectivity index (χ2n) is 6.88. The van der Waals surface area contributed by atoms with E-state index in [0.29, 0.717) is 0 Å². The molecule has 22 heteroatoms. The molecule has 1 aliphatic heterocycles. The van der Waals surface area contributed by atoms with E-state index in [4.69, 9.17) is 20.3 Å². The minimum absolute atomic E-state index is 0.0709. The quantitative estimate of drug-likeness (QED) is 0.200. The van der Waals surface area contributed by atoms with Gasteiger partial charge in [0.05, 0.1) is 12.0 Å². The van der Waals surface area contributed by atoms with Gasteiger partial charge in [-0.25, -0.2) is 22.2 Å². The Bertz CT molecular complexity index is 1280. The van der Waals surface area contributed by atoms with Crippen molar-refractivity contribution >= 4 is 48.4 Å². The fourth-order valence-corrected chi connectivity index (χ4v) is 7.14. The maximum atomic E-state index is 15.4. The summed E-state index contributed by atoms with van der Waals surface area (Å²) < 4.78 is 70.8. The summed E-state index contributed by atoms with van der Waals surface area (Å²) in [6.07, 6.45) is -5.01. The molecule has 8 N–H and O–H groups in total. The highest BCUT2D eigenvalue weighted by molar-refractivity contribution is 7.91. The zero-order chi connectivity index (χ0) is 25.7. The Hall–Kier alpha value is -1.09. The van der Waals surface area contributed by atoms with Crippen molar-refractivity contribution < 1.29 is 60.5 Å². The molecule has 6 atom stereocenters. The fourth-order valence-electron chi connectivity index (χ4n) is 3.11. The lowest BCUT2D eigenvalue weighted by molar-refractivity contribution is -0.0683. The number of nitrogens with one attached hydrogen (secondary N) is 1. The highest BCUT2D eigenvalue weighted by Crippen LogP contribution is 2.67. The van der Waals surface area contributed by atoms with E-state index in [-0.39, 0.29) is 17.0 Å². The van der Waals surface area contributed by atoms with Crippen LogP contribution in [0.5, 0.6) is 0 Å². The summed E-state index contributed by atoms with van der Waals surface area (Å²) in [5.41, 5.74) is 1.39. The number of hydrogen-bond donors (Lipinski definition) is 7. The molecule has 0 amide bonds. The van der Waals surface area contributed by atoms with Gasteiger partial charge in [-0.2, -0.15) is 9.29 Å². The fraction of sp³-hybridized carbons (Fsp3) is 0.500. The molecule has 1 fully saturated rings. The Morgan fingerprint density at radius 2 is 1.94 bits per heavy atom. The second-order valence-corrected chi connectivity index (χ2v) is 13.2. The standard InChI is InChI=1S/C12H18F2N4O12P4/c13-4-12(14)7(19)6(3-27-32(21,22)29-33(23,24)30-34(25,26)31)28-10(12)18-2-1-5-8(18)16-11(15)17-9(5)20/h1-2,6-7,10,19,25-26,31H,3-4H2,(H,21,22)(H,23,24)(H3,15,16,17,20)/t6-,7+,10-,12?/m1/s1. The Balaban J connectivity index is 1.82. The number of nitrogens with two attached hydrogens (primary N) is 1. The maximum absolute atomic E-state index is 15.4. The molecular weight excluding hydrogens is 554 g/mol. The molecule has 3 rings (SSSR count). The number of aliphatic hydroxyl groups is 1. The molecule has 3 unspecified atom stereocenters. The van der Waals surface area contributed by atoms with Gasteiger partial charge in [0, 0.05) is 6.20 Å². The molecular formula is C12H18F2N4O12P4. The van der Waals surface area contributed by atoms with Crippen molar-refractivity contribution in [1.29, 1.82) is 0 Å². The Labute approximate surface area is 189 Å². The molecule has 2 aromatic heterocycles. The average Bonchev–Trinajstić information content (AvgIpc) is 3.17. The van der Waals surface area contributed by atoms with Crippen molar-refractivity contribution in [2.75, 3.05) is 19.0 Å². The lowest BCUT2D eigenvalue weighted by atomic mass is 9.97. The summed E-state index contributed by atoms with van der Waals surface area (Å²) in [4.78, 5) is 54.8. The number of H-pyrrole nitrogens is 1. The van der Waals surface area contributed by atoms with E-state index >= 15 is 4.39 Å². The van der Waals surface area contributed by atoms with Crippen LogP contribution in [0, 0.1) is 0 Å². The Morgan fingerprint density at radius 3 is 2.53 bits per heavy atom. The highest BCUT2D eigenvalue weighted by atomic mass is 31.8. The molecule has 16 nitrogen and oxygen atoms in total. The third kappa shape index (κ3) is 5.82. The smallest absolute Gasteiger partial charge is 0.387 e. The minimum Gasteiger partial charge on any atom is -0.387 e. The van der Waals surface area contributed by atoms with E-state index in [9.17, 15) is 33.2 Å². The normalized spacial score (nSPS) is 29.2. The van der Waals surface area contributed by atoms with Crippen LogP contribution in [0.3, 0.4) is 0 Å². The van der Waals surface area contributed by atoms with E-state index in [1.54, 1.807) is 0 Å². The van der Waals surface area contributed by atoms with Crippen LogP contribution >= 0.6 is 31.4 Å². The highest BCUT2D eigenvalue weighted by Gasteiger charge is 2.59. The lowest BCUT2D eigenvalue weighted by Crippen LogP contribution is -2.45. The third-order valence-corrected chi connectivity index (χ3v) is 9.04. The molecule has 0 aromatic carbocycles. The summed E-state index contributed by atoms with van der Waals surface area (Å²) in [6.45, 7) is -3.00. The van der Waals surface area contributed by atoms with E-state index < -0.39 is 65.8 Å². The summed E-state index contributed by atoms with van der Waals surface area (Å²) in [5.74, 6) is -0.352. The molecule has 1 saturated heterocycles. The number of nitrogen functional groups attached to an aromatic ring is 1. The summed E-state index contributed by atoms with van der Waals surface area (Å²) in [5, 5.41) is 10.2. The average molecular weight is 572 g/mol. The van der Waals surface area contributed by atoms with Crippen LogP contribution in [0.25, 0.3) is 11.0 Å². The van der Waals surface area contributed by atoms with Crippen LogP contribution < -0.4 is 11.3 Å². The predicted octanol–water partition coefficient (Wildman–Crippen LogP) is 0.298. The lowest BCUT2D eigenvalue weighted by Gasteiger charge is -2.26. The first-order valence-corrected chi connectivity index (χ1v) is 14.7. The number of rotatable bonds is 9. The zero-order valence-electron chi connectivity index (χ0n) is 16.5. The van der Waals surface area contributed by atoms with Crippen LogP contribution in [-0.2, 0) is 27.0 Å². The van der Waals surface area contributed by atoms with Crippen molar-refractivity contribution in [2.45, 2.75) is 24.1 Å². The number of phosphoric ester groups is 1. The number of ether oxygens (including phenoxy) is 1. The topological polar surface area (TPSA) is 249 Å². The molecule has 0 bridgehead atoms. The van der Waals surface area contributed by atoms with Crippen molar-refractivity contribution in [3.63, 3.8) is 0 Å². The number of aromatic amines is 1. The molecule has 1 aliphatic rings. The summed E-state index contributed by atoms with van der Waals surface area (Å²) >= 11 is 0. The number of phosphoric acid groups is 2. The number of alkyl halides is 2. The Kier molecular flexibility index (Phi) is 7.61. The van der Waals surface area contributed by atoms with Crippen LogP contribution in [0.2, 0.25) is 0 Å². The Morgan fingerprint density at radius 1 is 1.29 bits per heavy atom.